The standard InChI is InChI=1S/2C10H21I/c2*1-2-3-4-5-6-7-8-9-10-11/h2*2-10H2,1H3. The molecule has 0 aromatic rings. The van der Waals surface area contributed by atoms with Crippen molar-refractivity contribution in [1.82, 2.24) is 0 Å². The molecule has 0 atom stereocenters. The Morgan fingerprint density at radius 2 is 0.591 bits per heavy atom. The summed E-state index contributed by atoms with van der Waals surface area (Å²) in [7, 11) is 0. The normalized spacial score (nSPS) is 10.4. The van der Waals surface area contributed by atoms with Gasteiger partial charge in [0.25, 0.3) is 0 Å². The summed E-state index contributed by atoms with van der Waals surface area (Å²) < 4.78 is 2.68. The summed E-state index contributed by atoms with van der Waals surface area (Å²) in [5.74, 6) is 0. The highest BCUT2D eigenvalue weighted by atomic mass is 127. The Bertz CT molecular complexity index is 126. The molecule has 0 amide bonds. The molecule has 0 spiro atoms. The van der Waals surface area contributed by atoms with Crippen molar-refractivity contribution in [3.05, 3.63) is 0 Å². The van der Waals surface area contributed by atoms with Crippen molar-refractivity contribution in [1.29, 1.82) is 0 Å². The third kappa shape index (κ3) is 29.5. The summed E-state index contributed by atoms with van der Waals surface area (Å²) in [4.78, 5) is 0. The highest BCUT2D eigenvalue weighted by Crippen LogP contribution is 2.09. The maximum atomic E-state index is 2.46. The van der Waals surface area contributed by atoms with Crippen LogP contribution >= 0.6 is 45.2 Å². The van der Waals surface area contributed by atoms with E-state index in [-0.39, 0.29) is 0 Å². The third-order valence-corrected chi connectivity index (χ3v) is 5.50. The summed E-state index contributed by atoms with van der Waals surface area (Å²) in [6.45, 7) is 4.55. The van der Waals surface area contributed by atoms with E-state index in [4.69, 9.17) is 0 Å². The summed E-state index contributed by atoms with van der Waals surface area (Å²) in [5.41, 5.74) is 0. The summed E-state index contributed by atoms with van der Waals surface area (Å²) >= 11 is 4.92. The molecule has 0 saturated carbocycles. The van der Waals surface area contributed by atoms with Crippen molar-refractivity contribution in [3.63, 3.8) is 0 Å². The van der Waals surface area contributed by atoms with E-state index in [0.717, 1.165) is 0 Å². The molecule has 0 fully saturated rings. The Kier molecular flexibility index (Phi) is 31.9. The van der Waals surface area contributed by atoms with Gasteiger partial charge in [0, 0.05) is 0 Å². The Morgan fingerprint density at radius 1 is 0.364 bits per heavy atom. The topological polar surface area (TPSA) is 0 Å². The van der Waals surface area contributed by atoms with Crippen LogP contribution in [0.4, 0.5) is 0 Å². The molecule has 0 N–H and O–H groups in total. The SMILES string of the molecule is CCCCCCCCCCI.CCCCCCCCCCI. The van der Waals surface area contributed by atoms with Gasteiger partial charge in [0.1, 0.15) is 0 Å². The molecule has 0 aromatic carbocycles. The van der Waals surface area contributed by atoms with Crippen molar-refractivity contribution in [2.75, 3.05) is 8.86 Å². The number of unbranched alkanes of at least 4 members (excludes halogenated alkanes) is 14. The lowest BCUT2D eigenvalue weighted by Crippen LogP contribution is -1.80. The van der Waals surface area contributed by atoms with E-state index in [9.17, 15) is 0 Å². The molecular weight excluding hydrogens is 494 g/mol. The Hall–Kier alpha value is 1.46. The first-order valence-corrected chi connectivity index (χ1v) is 13.0. The summed E-state index contributed by atoms with van der Waals surface area (Å²) in [6.07, 6.45) is 23.1. The monoisotopic (exact) mass is 536 g/mol. The average Bonchev–Trinajstić information content (AvgIpc) is 2.54. The molecule has 0 heterocycles. The van der Waals surface area contributed by atoms with Crippen molar-refractivity contribution in [2.45, 2.75) is 117 Å². The zero-order valence-corrected chi connectivity index (χ0v) is 19.8. The quantitative estimate of drug-likeness (QED) is 0.105. The molecule has 0 aliphatic rings. The van der Waals surface area contributed by atoms with Crippen LogP contribution in [0.3, 0.4) is 0 Å². The molecule has 0 aliphatic carbocycles. The number of halogens is 2. The van der Waals surface area contributed by atoms with E-state index in [1.54, 1.807) is 0 Å². The van der Waals surface area contributed by atoms with Crippen LogP contribution in [-0.4, -0.2) is 8.86 Å². The molecule has 0 rings (SSSR count). The van der Waals surface area contributed by atoms with Gasteiger partial charge in [-0.3, -0.25) is 0 Å². The fraction of sp³-hybridized carbons (Fsp3) is 1.00. The first kappa shape index (κ1) is 25.7. The molecule has 0 nitrogen and oxygen atoms in total. The Morgan fingerprint density at radius 3 is 0.818 bits per heavy atom. The fourth-order valence-corrected chi connectivity index (χ4v) is 3.54. The zero-order valence-electron chi connectivity index (χ0n) is 15.5. The number of alkyl halides is 2. The van der Waals surface area contributed by atoms with E-state index in [1.165, 1.54) is 112 Å². The predicted molar refractivity (Wildman–Crippen MR) is 123 cm³/mol. The maximum absolute atomic E-state index is 2.46. The molecule has 136 valence electrons. The van der Waals surface area contributed by atoms with Gasteiger partial charge in [-0.25, -0.2) is 0 Å². The average molecular weight is 536 g/mol. The van der Waals surface area contributed by atoms with Gasteiger partial charge in [-0.1, -0.05) is 149 Å². The van der Waals surface area contributed by atoms with Crippen LogP contribution in [0.1, 0.15) is 117 Å². The summed E-state index contributed by atoms with van der Waals surface area (Å²) in [6, 6.07) is 0. The summed E-state index contributed by atoms with van der Waals surface area (Å²) in [5, 5.41) is 0. The number of hydrogen-bond donors (Lipinski definition) is 0. The van der Waals surface area contributed by atoms with Crippen LogP contribution in [0.5, 0.6) is 0 Å². The van der Waals surface area contributed by atoms with Gasteiger partial charge in [-0.05, 0) is 21.7 Å². The van der Waals surface area contributed by atoms with Gasteiger partial charge in [0.15, 0.2) is 0 Å². The minimum Gasteiger partial charge on any atom is -0.0864 e. The van der Waals surface area contributed by atoms with E-state index in [1.807, 2.05) is 0 Å². The maximum Gasteiger partial charge on any atom is -0.000473 e. The van der Waals surface area contributed by atoms with Crippen LogP contribution in [0.15, 0.2) is 0 Å². The Labute approximate surface area is 169 Å². The van der Waals surface area contributed by atoms with Crippen LogP contribution < -0.4 is 0 Å². The number of rotatable bonds is 16. The molecule has 0 bridgehead atoms. The first-order valence-electron chi connectivity index (χ1n) is 9.95. The highest BCUT2D eigenvalue weighted by molar-refractivity contribution is 14.1. The number of hydrogen-bond acceptors (Lipinski definition) is 0. The molecule has 0 radical (unpaired) electrons. The van der Waals surface area contributed by atoms with Crippen molar-refractivity contribution in [2.24, 2.45) is 0 Å². The van der Waals surface area contributed by atoms with Crippen molar-refractivity contribution in [3.8, 4) is 0 Å². The van der Waals surface area contributed by atoms with E-state index in [0.29, 0.717) is 0 Å². The molecule has 0 unspecified atom stereocenters. The van der Waals surface area contributed by atoms with Gasteiger partial charge in [0.2, 0.25) is 0 Å². The first-order chi connectivity index (χ1) is 10.8. The van der Waals surface area contributed by atoms with Crippen LogP contribution in [0, 0.1) is 0 Å². The molecule has 2 heteroatoms. The molecule has 0 saturated heterocycles. The lowest BCUT2D eigenvalue weighted by molar-refractivity contribution is 0.587. The lowest BCUT2D eigenvalue weighted by atomic mass is 10.1. The van der Waals surface area contributed by atoms with Crippen LogP contribution in [0.25, 0.3) is 0 Å². The highest BCUT2D eigenvalue weighted by Gasteiger charge is 1.90. The van der Waals surface area contributed by atoms with Crippen LogP contribution in [-0.2, 0) is 0 Å². The van der Waals surface area contributed by atoms with Crippen LogP contribution in [0.2, 0.25) is 0 Å². The lowest BCUT2D eigenvalue weighted by Gasteiger charge is -1.98. The molecule has 0 aromatic heterocycles. The molecule has 0 aliphatic heterocycles. The fourth-order valence-electron chi connectivity index (χ4n) is 2.46. The van der Waals surface area contributed by atoms with Gasteiger partial charge >= 0.3 is 0 Å². The minimum absolute atomic E-state index is 1.34. The minimum atomic E-state index is 1.34. The second-order valence-corrected chi connectivity index (χ2v) is 8.49. The molecular formula is C20H42I2. The second kappa shape index (κ2) is 27.3. The van der Waals surface area contributed by atoms with Gasteiger partial charge in [-0.15, -0.1) is 0 Å². The third-order valence-electron chi connectivity index (χ3n) is 3.97. The van der Waals surface area contributed by atoms with Gasteiger partial charge < -0.3 is 0 Å². The van der Waals surface area contributed by atoms with E-state index >= 15 is 0 Å². The second-order valence-electron chi connectivity index (χ2n) is 6.33. The van der Waals surface area contributed by atoms with Gasteiger partial charge in [-0.2, -0.15) is 0 Å². The largest absolute Gasteiger partial charge is 0.0864 e. The predicted octanol–water partition coefficient (Wildman–Crippen LogP) is 9.12. The van der Waals surface area contributed by atoms with Gasteiger partial charge in [0.05, 0.1) is 0 Å². The smallest absolute Gasteiger partial charge is 0.000473 e. The van der Waals surface area contributed by atoms with E-state index < -0.39 is 0 Å². The molecule has 22 heavy (non-hydrogen) atoms. The van der Waals surface area contributed by atoms with Crippen molar-refractivity contribution >= 4 is 45.2 Å². The van der Waals surface area contributed by atoms with E-state index in [2.05, 4.69) is 59.0 Å². The Balaban J connectivity index is 0. The van der Waals surface area contributed by atoms with Crippen molar-refractivity contribution < 1.29 is 0 Å². The zero-order chi connectivity index (χ0) is 16.7.